The molecule has 0 saturated heterocycles. The predicted molar refractivity (Wildman–Crippen MR) is 305 cm³/mol. The molecule has 2 unspecified atom stereocenters. The maximum absolute atomic E-state index is 12.8. The molecule has 0 aromatic heterocycles. The van der Waals surface area contributed by atoms with Gasteiger partial charge >= 0.3 is 5.97 Å². The van der Waals surface area contributed by atoms with Crippen molar-refractivity contribution in [2.45, 2.75) is 251 Å². The summed E-state index contributed by atoms with van der Waals surface area (Å²) >= 11 is 0. The third-order valence-electron chi connectivity index (χ3n) is 12.5. The Balaban J connectivity index is 4.14. The fourth-order valence-corrected chi connectivity index (χ4v) is 8.74. The molecule has 8 nitrogen and oxygen atoms in total. The number of allylic oxidation sites excluding steroid dienone is 14. The summed E-state index contributed by atoms with van der Waals surface area (Å²) in [5, 5.41) is 0. The van der Waals surface area contributed by atoms with E-state index in [1.54, 1.807) is 0 Å². The number of hydrogen-bond donors (Lipinski definition) is 0. The van der Waals surface area contributed by atoms with Crippen molar-refractivity contribution in [1.82, 2.24) is 0 Å². The highest BCUT2D eigenvalue weighted by atomic mass is 31.2. The van der Waals surface area contributed by atoms with Crippen LogP contribution in [-0.4, -0.2) is 70.7 Å². The number of carbonyl (C=O) groups excluding carboxylic acids is 1. The van der Waals surface area contributed by atoms with Crippen LogP contribution in [0.4, 0.5) is 0 Å². The molecule has 0 aromatic rings. The van der Waals surface area contributed by atoms with Crippen LogP contribution in [0.5, 0.6) is 0 Å². The van der Waals surface area contributed by atoms with Crippen LogP contribution in [0.15, 0.2) is 85.1 Å². The van der Waals surface area contributed by atoms with Crippen LogP contribution >= 0.6 is 7.82 Å². The molecule has 0 saturated carbocycles. The Labute approximate surface area is 439 Å². The molecule has 0 radical (unpaired) electrons. The zero-order valence-electron chi connectivity index (χ0n) is 46.9. The number of esters is 1. The van der Waals surface area contributed by atoms with Gasteiger partial charge in [-0.15, -0.1) is 0 Å². The van der Waals surface area contributed by atoms with Crippen LogP contribution < -0.4 is 4.89 Å². The second-order valence-corrected chi connectivity index (χ2v) is 22.0. The predicted octanol–water partition coefficient (Wildman–Crippen LogP) is 18.1. The average molecular weight is 1010 g/mol. The Kier molecular flexibility index (Phi) is 52.2. The molecule has 0 amide bonds. The van der Waals surface area contributed by atoms with E-state index in [4.69, 9.17) is 18.5 Å². The molecule has 0 N–H and O–H groups in total. The maximum Gasteiger partial charge on any atom is 0.306 e. The van der Waals surface area contributed by atoms with Crippen LogP contribution in [-0.2, 0) is 27.9 Å². The SMILES string of the molecule is CC/C=C\C/C=C\C/C=C\C/C=C\C/C=C\C/C=C\C/C=C\CCCC(=O)OC(COCCCCCCCCCCCCCCCCCCCCCCCCCCCC)COP(=O)([O-])OCC[N+](C)(C)C. The van der Waals surface area contributed by atoms with Crippen LogP contribution in [0, 0.1) is 0 Å². The van der Waals surface area contributed by atoms with E-state index in [1.807, 2.05) is 21.1 Å². The second-order valence-electron chi connectivity index (χ2n) is 20.6. The first kappa shape index (κ1) is 68.7. The van der Waals surface area contributed by atoms with E-state index in [0.717, 1.165) is 64.2 Å². The highest BCUT2D eigenvalue weighted by Gasteiger charge is 2.20. The number of likely N-dealkylation sites (N-methyl/N-ethyl adjacent to an activating group) is 1. The Bertz CT molecular complexity index is 1410. The van der Waals surface area contributed by atoms with Crippen molar-refractivity contribution >= 4 is 13.8 Å². The summed E-state index contributed by atoms with van der Waals surface area (Å²) in [6.07, 6.45) is 73.6. The minimum atomic E-state index is -4.56. The van der Waals surface area contributed by atoms with Gasteiger partial charge in [-0.25, -0.2) is 0 Å². The lowest BCUT2D eigenvalue weighted by Gasteiger charge is -2.28. The third kappa shape index (κ3) is 58.4. The Morgan fingerprint density at radius 1 is 0.451 bits per heavy atom. The lowest BCUT2D eigenvalue weighted by atomic mass is 10.0. The van der Waals surface area contributed by atoms with Crippen molar-refractivity contribution in [3.63, 3.8) is 0 Å². The maximum atomic E-state index is 12.8. The molecule has 0 bridgehead atoms. The van der Waals surface area contributed by atoms with Gasteiger partial charge in [0.25, 0.3) is 7.82 Å². The van der Waals surface area contributed by atoms with Crippen LogP contribution in [0.2, 0.25) is 0 Å². The minimum Gasteiger partial charge on any atom is -0.756 e. The van der Waals surface area contributed by atoms with E-state index in [-0.39, 0.29) is 32.2 Å². The molecule has 0 aliphatic carbocycles. The number of unbranched alkanes of at least 4 members (excludes halogenated alkanes) is 26. The van der Waals surface area contributed by atoms with Gasteiger partial charge in [-0.05, 0) is 64.2 Å². The largest absolute Gasteiger partial charge is 0.756 e. The summed E-state index contributed by atoms with van der Waals surface area (Å²) in [5.74, 6) is -0.389. The van der Waals surface area contributed by atoms with Crippen LogP contribution in [0.3, 0.4) is 0 Å². The molecule has 0 fully saturated rings. The van der Waals surface area contributed by atoms with Crippen molar-refractivity contribution in [3.8, 4) is 0 Å². The van der Waals surface area contributed by atoms with Crippen molar-refractivity contribution in [2.24, 2.45) is 0 Å². The lowest BCUT2D eigenvalue weighted by molar-refractivity contribution is -0.870. The number of phosphoric ester groups is 1. The molecule has 9 heteroatoms. The van der Waals surface area contributed by atoms with Gasteiger partial charge < -0.3 is 27.9 Å². The number of ether oxygens (including phenoxy) is 2. The van der Waals surface area contributed by atoms with Crippen molar-refractivity contribution in [1.29, 1.82) is 0 Å². The zero-order chi connectivity index (χ0) is 51.9. The van der Waals surface area contributed by atoms with Gasteiger partial charge in [-0.2, -0.15) is 0 Å². The third-order valence-corrected chi connectivity index (χ3v) is 13.4. The average Bonchev–Trinajstić information content (AvgIpc) is 3.33. The summed E-state index contributed by atoms with van der Waals surface area (Å²) in [7, 11) is 1.32. The molecule has 71 heavy (non-hydrogen) atoms. The number of quaternary nitrogens is 1. The van der Waals surface area contributed by atoms with Crippen molar-refractivity contribution < 1.29 is 37.3 Å². The van der Waals surface area contributed by atoms with Gasteiger partial charge in [0.05, 0.1) is 34.4 Å². The monoisotopic (exact) mass is 1010 g/mol. The Morgan fingerprint density at radius 2 is 0.803 bits per heavy atom. The van der Waals surface area contributed by atoms with Crippen LogP contribution in [0.25, 0.3) is 0 Å². The molecule has 0 spiro atoms. The Hall–Kier alpha value is -2.32. The molecule has 412 valence electrons. The van der Waals surface area contributed by atoms with Crippen molar-refractivity contribution in [3.05, 3.63) is 85.1 Å². The van der Waals surface area contributed by atoms with Gasteiger partial charge in [0.1, 0.15) is 19.3 Å². The summed E-state index contributed by atoms with van der Waals surface area (Å²) < 4.78 is 34.8. The number of nitrogens with zero attached hydrogens (tertiary/aromatic N) is 1. The standard InChI is InChI=1S/C62H112NO7P/c1-6-8-10-12-14-16-18-20-22-24-26-28-30-31-32-34-36-38-40-42-44-46-48-50-52-54-57-67-59-61(60-69-71(65,66)68-58-56-63(3,4)5)70-62(64)55-53-51-49-47-45-43-41-39-37-35-33-29-27-25-23-21-19-17-15-13-11-9-7-2/h9,11,15,17,21,23,27,29,35,37,41,43,47,49,61H,6-8,10,12-14,16,18-20,22,24-26,28,30-34,36,38-40,42,44-46,48,50-60H2,1-5H3/b11-9-,17-15-,23-21-,29-27-,37-35-,43-41-,49-47-. The first-order chi connectivity index (χ1) is 34.6. The van der Waals surface area contributed by atoms with Gasteiger partial charge in [-0.3, -0.25) is 9.36 Å². The van der Waals surface area contributed by atoms with E-state index in [2.05, 4.69) is 98.9 Å². The molecule has 0 rings (SSSR count). The number of phosphoric acid groups is 1. The Morgan fingerprint density at radius 3 is 1.17 bits per heavy atom. The number of hydrogen-bond acceptors (Lipinski definition) is 7. The highest BCUT2D eigenvalue weighted by molar-refractivity contribution is 7.45. The van der Waals surface area contributed by atoms with Crippen LogP contribution in [0.1, 0.15) is 245 Å². The molecular weight excluding hydrogens is 902 g/mol. The fourth-order valence-electron chi connectivity index (χ4n) is 8.01. The van der Waals surface area contributed by atoms with E-state index in [0.29, 0.717) is 24.1 Å². The first-order valence-electron chi connectivity index (χ1n) is 29.3. The van der Waals surface area contributed by atoms with E-state index < -0.39 is 13.9 Å². The first-order valence-corrected chi connectivity index (χ1v) is 30.8. The molecule has 0 aliphatic rings. The summed E-state index contributed by atoms with van der Waals surface area (Å²) in [5.41, 5.74) is 0. The molecule has 0 aromatic carbocycles. The van der Waals surface area contributed by atoms with Crippen molar-refractivity contribution in [2.75, 3.05) is 54.1 Å². The smallest absolute Gasteiger partial charge is 0.306 e. The number of rotatable bonds is 54. The molecular formula is C62H112NO7P. The van der Waals surface area contributed by atoms with E-state index in [9.17, 15) is 14.3 Å². The molecule has 0 heterocycles. The highest BCUT2D eigenvalue weighted by Crippen LogP contribution is 2.38. The summed E-state index contributed by atoms with van der Waals surface area (Å²) in [6.45, 7) is 5.25. The fraction of sp³-hybridized carbons (Fsp3) is 0.758. The zero-order valence-corrected chi connectivity index (χ0v) is 47.8. The summed E-state index contributed by atoms with van der Waals surface area (Å²) in [4.78, 5) is 25.2. The second kappa shape index (κ2) is 54.0. The normalized spacial score (nSPS) is 14.1. The quantitative estimate of drug-likeness (QED) is 0.0197. The number of carbonyl (C=O) groups is 1. The molecule has 2 atom stereocenters. The summed E-state index contributed by atoms with van der Waals surface area (Å²) in [6, 6.07) is 0. The van der Waals surface area contributed by atoms with Gasteiger partial charge in [0.2, 0.25) is 0 Å². The minimum absolute atomic E-state index is 0.0124. The van der Waals surface area contributed by atoms with Gasteiger partial charge in [-0.1, -0.05) is 259 Å². The lowest BCUT2D eigenvalue weighted by Crippen LogP contribution is -2.37. The van der Waals surface area contributed by atoms with E-state index >= 15 is 0 Å². The van der Waals surface area contributed by atoms with Gasteiger partial charge in [0.15, 0.2) is 0 Å². The topological polar surface area (TPSA) is 94.1 Å². The molecule has 0 aliphatic heterocycles. The van der Waals surface area contributed by atoms with E-state index in [1.165, 1.54) is 154 Å². The van der Waals surface area contributed by atoms with Gasteiger partial charge in [0, 0.05) is 13.0 Å².